The van der Waals surface area contributed by atoms with Gasteiger partial charge < -0.3 is 10.6 Å². The van der Waals surface area contributed by atoms with Crippen LogP contribution in [0.3, 0.4) is 0 Å². The molecule has 2 N–H and O–H groups in total. The molecule has 0 aromatic heterocycles. The van der Waals surface area contributed by atoms with E-state index in [1.54, 1.807) is 0 Å². The highest BCUT2D eigenvalue weighted by Gasteiger charge is 2.16. The Kier molecular flexibility index (Phi) is 7.25. The predicted octanol–water partition coefficient (Wildman–Crippen LogP) is 3.12. The van der Waals surface area contributed by atoms with Gasteiger partial charge in [-0.3, -0.25) is 0 Å². The van der Waals surface area contributed by atoms with Crippen molar-refractivity contribution in [1.82, 2.24) is 4.90 Å². The average molecular weight is 228 g/mol. The van der Waals surface area contributed by atoms with Crippen LogP contribution in [0.4, 0.5) is 0 Å². The zero-order valence-corrected chi connectivity index (χ0v) is 12.2. The van der Waals surface area contributed by atoms with Crippen LogP contribution in [0.2, 0.25) is 0 Å². The summed E-state index contributed by atoms with van der Waals surface area (Å²) in [6.45, 7) is 16.8. The van der Waals surface area contributed by atoms with Crippen LogP contribution in [0.5, 0.6) is 0 Å². The fraction of sp³-hybridized carbons (Fsp3) is 1.00. The lowest BCUT2D eigenvalue weighted by Crippen LogP contribution is -2.46. The number of nitrogens with two attached hydrogens (primary N) is 1. The molecule has 0 spiro atoms. The van der Waals surface area contributed by atoms with E-state index in [4.69, 9.17) is 5.73 Å². The van der Waals surface area contributed by atoms with Crippen LogP contribution in [-0.4, -0.2) is 30.1 Å². The maximum absolute atomic E-state index is 6.11. The Balaban J connectivity index is 4.05. The van der Waals surface area contributed by atoms with Crippen molar-refractivity contribution in [1.29, 1.82) is 0 Å². The van der Waals surface area contributed by atoms with E-state index in [0.29, 0.717) is 0 Å². The highest BCUT2D eigenvalue weighted by Crippen LogP contribution is 2.09. The van der Waals surface area contributed by atoms with Crippen LogP contribution >= 0.6 is 0 Å². The number of rotatable bonds is 8. The number of hydrogen-bond donors (Lipinski definition) is 1. The third-order valence-corrected chi connectivity index (χ3v) is 2.68. The summed E-state index contributed by atoms with van der Waals surface area (Å²) in [6, 6.07) is 0. The lowest BCUT2D eigenvalue weighted by molar-refractivity contribution is 0.204. The van der Waals surface area contributed by atoms with Gasteiger partial charge in [0.05, 0.1) is 0 Å². The van der Waals surface area contributed by atoms with Crippen molar-refractivity contribution in [2.75, 3.05) is 19.6 Å². The van der Waals surface area contributed by atoms with Gasteiger partial charge in [0, 0.05) is 12.1 Å². The molecule has 0 heterocycles. The van der Waals surface area contributed by atoms with Crippen LogP contribution in [-0.2, 0) is 0 Å². The largest absolute Gasteiger partial charge is 0.324 e. The van der Waals surface area contributed by atoms with Crippen LogP contribution in [0.25, 0.3) is 0 Å². The maximum atomic E-state index is 6.11. The Bertz CT molecular complexity index is 156. The van der Waals surface area contributed by atoms with Gasteiger partial charge in [0.1, 0.15) is 0 Å². The van der Waals surface area contributed by atoms with Crippen molar-refractivity contribution in [3.63, 3.8) is 0 Å². The van der Waals surface area contributed by atoms with E-state index in [1.165, 1.54) is 25.9 Å². The molecule has 2 heteroatoms. The average Bonchev–Trinajstić information content (AvgIpc) is 2.07. The van der Waals surface area contributed by atoms with Crippen LogP contribution in [0, 0.1) is 11.8 Å². The zero-order chi connectivity index (χ0) is 12.8. The fourth-order valence-electron chi connectivity index (χ4n) is 1.73. The third kappa shape index (κ3) is 10.4. The Morgan fingerprint density at radius 2 is 1.31 bits per heavy atom. The Labute approximate surface area is 103 Å². The Morgan fingerprint density at radius 1 is 0.938 bits per heavy atom. The van der Waals surface area contributed by atoms with Gasteiger partial charge >= 0.3 is 0 Å². The molecule has 0 aliphatic rings. The molecular weight excluding hydrogens is 196 g/mol. The first-order chi connectivity index (χ1) is 7.20. The predicted molar refractivity (Wildman–Crippen MR) is 73.6 cm³/mol. The summed E-state index contributed by atoms with van der Waals surface area (Å²) in [4.78, 5) is 2.53. The molecule has 0 saturated carbocycles. The molecule has 0 aliphatic carbocycles. The molecule has 0 amide bonds. The van der Waals surface area contributed by atoms with E-state index in [-0.39, 0.29) is 5.54 Å². The summed E-state index contributed by atoms with van der Waals surface area (Å²) in [5, 5.41) is 0. The maximum Gasteiger partial charge on any atom is 0.0226 e. The van der Waals surface area contributed by atoms with Crippen molar-refractivity contribution in [2.24, 2.45) is 17.6 Å². The van der Waals surface area contributed by atoms with E-state index in [1.807, 2.05) is 0 Å². The monoisotopic (exact) mass is 228 g/mol. The van der Waals surface area contributed by atoms with Crippen molar-refractivity contribution < 1.29 is 0 Å². The van der Waals surface area contributed by atoms with Crippen molar-refractivity contribution >= 4 is 0 Å². The molecule has 0 aromatic carbocycles. The summed E-state index contributed by atoms with van der Waals surface area (Å²) in [6.07, 6.45) is 2.54. The van der Waals surface area contributed by atoms with Crippen LogP contribution < -0.4 is 5.73 Å². The second-order valence-electron chi connectivity index (χ2n) is 6.63. The van der Waals surface area contributed by atoms with Gasteiger partial charge in [-0.1, -0.05) is 27.7 Å². The quantitative estimate of drug-likeness (QED) is 0.691. The normalized spacial score (nSPS) is 13.1. The number of hydrogen-bond acceptors (Lipinski definition) is 2. The van der Waals surface area contributed by atoms with Gasteiger partial charge in [0.15, 0.2) is 0 Å². The van der Waals surface area contributed by atoms with E-state index in [9.17, 15) is 0 Å². The minimum Gasteiger partial charge on any atom is -0.324 e. The van der Waals surface area contributed by atoms with Gasteiger partial charge in [-0.25, -0.2) is 0 Å². The second kappa shape index (κ2) is 7.29. The molecular formula is C14H32N2. The van der Waals surface area contributed by atoms with Gasteiger partial charge in [-0.15, -0.1) is 0 Å². The van der Waals surface area contributed by atoms with Gasteiger partial charge in [-0.2, -0.15) is 0 Å². The summed E-state index contributed by atoms with van der Waals surface area (Å²) < 4.78 is 0. The first-order valence-corrected chi connectivity index (χ1v) is 6.72. The summed E-state index contributed by atoms with van der Waals surface area (Å²) in [5.74, 6) is 1.56. The minimum atomic E-state index is -0.0754. The highest BCUT2D eigenvalue weighted by molar-refractivity contribution is 4.77. The van der Waals surface area contributed by atoms with Crippen molar-refractivity contribution in [2.45, 2.75) is 59.9 Å². The molecule has 0 saturated heterocycles. The standard InChI is InChI=1S/C14H32N2/c1-12(2)7-9-16(10-8-13(3)4)11-14(5,6)15/h12-13H,7-11,15H2,1-6H3. The van der Waals surface area contributed by atoms with E-state index >= 15 is 0 Å². The topological polar surface area (TPSA) is 29.3 Å². The summed E-state index contributed by atoms with van der Waals surface area (Å²) >= 11 is 0. The SMILES string of the molecule is CC(C)CCN(CCC(C)C)CC(C)(C)N. The third-order valence-electron chi connectivity index (χ3n) is 2.68. The van der Waals surface area contributed by atoms with E-state index < -0.39 is 0 Å². The molecule has 0 aromatic rings. The van der Waals surface area contributed by atoms with Gasteiger partial charge in [-0.05, 0) is 51.6 Å². The molecule has 0 fully saturated rings. The van der Waals surface area contributed by atoms with Crippen LogP contribution in [0.1, 0.15) is 54.4 Å². The molecule has 0 radical (unpaired) electrons. The molecule has 16 heavy (non-hydrogen) atoms. The lowest BCUT2D eigenvalue weighted by atomic mass is 10.0. The van der Waals surface area contributed by atoms with Gasteiger partial charge in [0.2, 0.25) is 0 Å². The number of nitrogens with zero attached hydrogens (tertiary/aromatic N) is 1. The Morgan fingerprint density at radius 3 is 1.56 bits per heavy atom. The van der Waals surface area contributed by atoms with E-state index in [0.717, 1.165) is 18.4 Å². The minimum absolute atomic E-state index is 0.0754. The first-order valence-electron chi connectivity index (χ1n) is 6.72. The Hall–Kier alpha value is -0.0800. The first kappa shape index (κ1) is 15.9. The van der Waals surface area contributed by atoms with E-state index in [2.05, 4.69) is 46.4 Å². The molecule has 98 valence electrons. The molecule has 0 unspecified atom stereocenters. The smallest absolute Gasteiger partial charge is 0.0226 e. The van der Waals surface area contributed by atoms with Crippen LogP contribution in [0.15, 0.2) is 0 Å². The molecule has 0 rings (SSSR count). The molecule has 2 nitrogen and oxygen atoms in total. The lowest BCUT2D eigenvalue weighted by Gasteiger charge is -2.30. The fourth-order valence-corrected chi connectivity index (χ4v) is 1.73. The van der Waals surface area contributed by atoms with Crippen molar-refractivity contribution in [3.8, 4) is 0 Å². The molecule has 0 aliphatic heterocycles. The highest BCUT2D eigenvalue weighted by atomic mass is 15.1. The van der Waals surface area contributed by atoms with Gasteiger partial charge in [0.25, 0.3) is 0 Å². The molecule has 0 atom stereocenters. The second-order valence-corrected chi connectivity index (χ2v) is 6.63. The van der Waals surface area contributed by atoms with Crippen molar-refractivity contribution in [3.05, 3.63) is 0 Å². The summed E-state index contributed by atoms with van der Waals surface area (Å²) in [7, 11) is 0. The molecule has 0 bridgehead atoms. The summed E-state index contributed by atoms with van der Waals surface area (Å²) in [5.41, 5.74) is 6.03. The zero-order valence-electron chi connectivity index (χ0n) is 12.2.